The molecule has 0 spiro atoms. The van der Waals surface area contributed by atoms with E-state index in [1.165, 1.54) is 0 Å². The summed E-state index contributed by atoms with van der Waals surface area (Å²) in [4.78, 5) is 0. The molecule has 1 heteroatoms. The molecule has 0 aliphatic rings. The summed E-state index contributed by atoms with van der Waals surface area (Å²) in [6.45, 7) is 0. The summed E-state index contributed by atoms with van der Waals surface area (Å²) in [5.41, 5.74) is 2.35. The SMILES string of the molecule is C#C/C(=C\c1ccccc1)C(O)c1ccccc1. The highest BCUT2D eigenvalue weighted by Gasteiger charge is 2.10. The molecular formula is C17H14O. The number of rotatable bonds is 3. The molecule has 0 radical (unpaired) electrons. The van der Waals surface area contributed by atoms with Gasteiger partial charge in [0.25, 0.3) is 0 Å². The fraction of sp³-hybridized carbons (Fsp3) is 0.0588. The van der Waals surface area contributed by atoms with Gasteiger partial charge >= 0.3 is 0 Å². The van der Waals surface area contributed by atoms with E-state index in [0.29, 0.717) is 5.57 Å². The Hall–Kier alpha value is -2.30. The Bertz CT molecular complexity index is 562. The van der Waals surface area contributed by atoms with Crippen LogP contribution >= 0.6 is 0 Å². The molecule has 2 aromatic carbocycles. The molecule has 0 amide bonds. The molecule has 1 nitrogen and oxygen atoms in total. The normalized spacial score (nSPS) is 12.8. The van der Waals surface area contributed by atoms with Gasteiger partial charge < -0.3 is 5.11 Å². The van der Waals surface area contributed by atoms with Crippen molar-refractivity contribution in [3.63, 3.8) is 0 Å². The fourth-order valence-electron chi connectivity index (χ4n) is 1.74. The number of hydrogen-bond acceptors (Lipinski definition) is 1. The van der Waals surface area contributed by atoms with Crippen LogP contribution in [0.1, 0.15) is 17.2 Å². The third-order valence-electron chi connectivity index (χ3n) is 2.70. The molecule has 0 aliphatic carbocycles. The maximum Gasteiger partial charge on any atom is 0.112 e. The molecule has 2 rings (SSSR count). The molecule has 0 heterocycles. The van der Waals surface area contributed by atoms with Gasteiger partial charge in [0.2, 0.25) is 0 Å². The van der Waals surface area contributed by atoms with Crippen LogP contribution in [0.25, 0.3) is 6.08 Å². The van der Waals surface area contributed by atoms with Crippen LogP contribution in [0.2, 0.25) is 0 Å². The molecule has 1 atom stereocenters. The summed E-state index contributed by atoms with van der Waals surface area (Å²) in [7, 11) is 0. The van der Waals surface area contributed by atoms with Gasteiger partial charge in [0, 0.05) is 5.57 Å². The second kappa shape index (κ2) is 5.86. The van der Waals surface area contributed by atoms with E-state index in [4.69, 9.17) is 6.42 Å². The zero-order valence-electron chi connectivity index (χ0n) is 9.95. The Morgan fingerprint density at radius 2 is 1.56 bits per heavy atom. The van der Waals surface area contributed by atoms with Crippen molar-refractivity contribution in [2.45, 2.75) is 6.10 Å². The minimum Gasteiger partial charge on any atom is -0.383 e. The first-order valence-electron chi connectivity index (χ1n) is 5.77. The third-order valence-corrected chi connectivity index (χ3v) is 2.70. The van der Waals surface area contributed by atoms with Gasteiger partial charge in [0.05, 0.1) is 0 Å². The highest BCUT2D eigenvalue weighted by Crippen LogP contribution is 2.22. The topological polar surface area (TPSA) is 20.2 Å². The molecule has 0 aliphatic heterocycles. The van der Waals surface area contributed by atoms with E-state index in [9.17, 15) is 5.11 Å². The molecule has 18 heavy (non-hydrogen) atoms. The van der Waals surface area contributed by atoms with Crippen LogP contribution in [-0.4, -0.2) is 5.11 Å². The van der Waals surface area contributed by atoms with Crippen molar-refractivity contribution in [1.82, 2.24) is 0 Å². The van der Waals surface area contributed by atoms with Crippen molar-refractivity contribution < 1.29 is 5.11 Å². The first-order valence-corrected chi connectivity index (χ1v) is 5.77. The molecule has 2 aromatic rings. The van der Waals surface area contributed by atoms with Crippen LogP contribution in [0, 0.1) is 12.3 Å². The lowest BCUT2D eigenvalue weighted by molar-refractivity contribution is 0.222. The minimum atomic E-state index is -0.753. The van der Waals surface area contributed by atoms with Gasteiger partial charge in [-0.05, 0) is 17.2 Å². The van der Waals surface area contributed by atoms with E-state index in [1.807, 2.05) is 66.7 Å². The van der Waals surface area contributed by atoms with Gasteiger partial charge in [-0.15, -0.1) is 6.42 Å². The number of terminal acetylenes is 1. The lowest BCUT2D eigenvalue weighted by Gasteiger charge is -2.10. The number of hydrogen-bond donors (Lipinski definition) is 1. The van der Waals surface area contributed by atoms with Crippen molar-refractivity contribution in [2.24, 2.45) is 0 Å². The summed E-state index contributed by atoms with van der Waals surface area (Å²) in [5, 5.41) is 10.2. The Morgan fingerprint density at radius 3 is 2.11 bits per heavy atom. The minimum absolute atomic E-state index is 0.562. The predicted octanol–water partition coefficient (Wildman–Crippen LogP) is 3.44. The van der Waals surface area contributed by atoms with Gasteiger partial charge in [0.1, 0.15) is 6.10 Å². The Labute approximate surface area is 107 Å². The van der Waals surface area contributed by atoms with Crippen molar-refractivity contribution in [1.29, 1.82) is 0 Å². The number of aliphatic hydroxyl groups excluding tert-OH is 1. The maximum atomic E-state index is 10.2. The van der Waals surface area contributed by atoms with Crippen LogP contribution < -0.4 is 0 Å². The zero-order chi connectivity index (χ0) is 12.8. The van der Waals surface area contributed by atoms with Gasteiger partial charge in [-0.25, -0.2) is 0 Å². The fourth-order valence-corrected chi connectivity index (χ4v) is 1.74. The van der Waals surface area contributed by atoms with E-state index >= 15 is 0 Å². The van der Waals surface area contributed by atoms with Crippen molar-refractivity contribution in [2.75, 3.05) is 0 Å². The molecule has 1 unspecified atom stereocenters. The van der Waals surface area contributed by atoms with Crippen LogP contribution in [0.5, 0.6) is 0 Å². The molecule has 0 bridgehead atoms. The first-order chi connectivity index (χ1) is 8.81. The standard InChI is InChI=1S/C17H14O/c1-2-15(13-14-9-5-3-6-10-14)17(18)16-11-7-4-8-12-16/h1,3-13,17-18H/b15-13+. The van der Waals surface area contributed by atoms with Gasteiger partial charge in [0.15, 0.2) is 0 Å². The molecule has 0 aromatic heterocycles. The highest BCUT2D eigenvalue weighted by molar-refractivity contribution is 5.59. The molecule has 88 valence electrons. The largest absolute Gasteiger partial charge is 0.383 e. The van der Waals surface area contributed by atoms with Crippen LogP contribution in [0.3, 0.4) is 0 Å². The summed E-state index contributed by atoms with van der Waals surface area (Å²) in [6.07, 6.45) is 6.56. The Morgan fingerprint density at radius 1 is 1.00 bits per heavy atom. The molecule has 0 saturated heterocycles. The highest BCUT2D eigenvalue weighted by atomic mass is 16.3. The molecule has 0 saturated carbocycles. The van der Waals surface area contributed by atoms with E-state index in [0.717, 1.165) is 11.1 Å². The molecular weight excluding hydrogens is 220 g/mol. The predicted molar refractivity (Wildman–Crippen MR) is 74.7 cm³/mol. The van der Waals surface area contributed by atoms with Crippen LogP contribution in [0.4, 0.5) is 0 Å². The number of benzene rings is 2. The molecule has 0 fully saturated rings. The summed E-state index contributed by atoms with van der Waals surface area (Å²) in [5.74, 6) is 2.56. The summed E-state index contributed by atoms with van der Waals surface area (Å²) >= 11 is 0. The Balaban J connectivity index is 2.30. The first kappa shape index (κ1) is 12.2. The second-order valence-electron chi connectivity index (χ2n) is 3.97. The van der Waals surface area contributed by atoms with E-state index in [2.05, 4.69) is 5.92 Å². The van der Waals surface area contributed by atoms with Crippen molar-refractivity contribution >= 4 is 6.08 Å². The smallest absolute Gasteiger partial charge is 0.112 e. The average molecular weight is 234 g/mol. The van der Waals surface area contributed by atoms with Gasteiger partial charge in [-0.1, -0.05) is 66.6 Å². The van der Waals surface area contributed by atoms with Crippen molar-refractivity contribution in [3.05, 3.63) is 77.4 Å². The second-order valence-corrected chi connectivity index (χ2v) is 3.97. The third kappa shape index (κ3) is 2.88. The summed E-state index contributed by atoms with van der Waals surface area (Å²) < 4.78 is 0. The quantitative estimate of drug-likeness (QED) is 0.807. The van der Waals surface area contributed by atoms with Crippen molar-refractivity contribution in [3.8, 4) is 12.3 Å². The van der Waals surface area contributed by atoms with Gasteiger partial charge in [-0.2, -0.15) is 0 Å². The van der Waals surface area contributed by atoms with E-state index < -0.39 is 6.10 Å². The van der Waals surface area contributed by atoms with E-state index in [1.54, 1.807) is 0 Å². The lowest BCUT2D eigenvalue weighted by atomic mass is 10.00. The Kier molecular flexibility index (Phi) is 3.96. The van der Waals surface area contributed by atoms with Gasteiger partial charge in [-0.3, -0.25) is 0 Å². The monoisotopic (exact) mass is 234 g/mol. The number of aliphatic hydroxyl groups is 1. The van der Waals surface area contributed by atoms with E-state index in [-0.39, 0.29) is 0 Å². The average Bonchev–Trinajstić information content (AvgIpc) is 2.46. The summed E-state index contributed by atoms with van der Waals surface area (Å²) in [6, 6.07) is 19.1. The van der Waals surface area contributed by atoms with Crippen LogP contribution in [-0.2, 0) is 0 Å². The maximum absolute atomic E-state index is 10.2. The zero-order valence-corrected chi connectivity index (χ0v) is 9.95. The lowest BCUT2D eigenvalue weighted by Crippen LogP contribution is -1.99. The molecule has 1 N–H and O–H groups in total. The van der Waals surface area contributed by atoms with Crippen LogP contribution in [0.15, 0.2) is 66.2 Å².